The van der Waals surface area contributed by atoms with Crippen LogP contribution in [0.1, 0.15) is 31.2 Å². The van der Waals surface area contributed by atoms with Gasteiger partial charge in [-0.1, -0.05) is 17.8 Å². The average Bonchev–Trinajstić information content (AvgIpc) is 2.84. The molecule has 0 radical (unpaired) electrons. The van der Waals surface area contributed by atoms with Gasteiger partial charge in [-0.15, -0.1) is 0 Å². The Balaban J connectivity index is 1.87. The van der Waals surface area contributed by atoms with Crippen LogP contribution in [0.15, 0.2) is 23.1 Å². The van der Waals surface area contributed by atoms with Crippen molar-refractivity contribution in [3.63, 3.8) is 0 Å². The molecule has 3 rings (SSSR count). The van der Waals surface area contributed by atoms with E-state index in [1.165, 1.54) is 11.8 Å². The van der Waals surface area contributed by atoms with Crippen molar-refractivity contribution in [2.24, 2.45) is 0 Å². The maximum Gasteiger partial charge on any atom is 0.152 e. The van der Waals surface area contributed by atoms with Crippen LogP contribution in [0.4, 0.5) is 5.69 Å². The number of hydrogen-bond acceptors (Lipinski definition) is 5. The van der Waals surface area contributed by atoms with Crippen LogP contribution in [0.2, 0.25) is 0 Å². The van der Waals surface area contributed by atoms with Gasteiger partial charge in [-0.25, -0.2) is 0 Å². The van der Waals surface area contributed by atoms with Crippen LogP contribution >= 0.6 is 11.8 Å². The Morgan fingerprint density at radius 2 is 2.11 bits per heavy atom. The molecule has 0 saturated heterocycles. The van der Waals surface area contributed by atoms with Crippen molar-refractivity contribution in [2.75, 3.05) is 5.32 Å². The SMILES string of the molecule is O=CC1Nc2cc(C3(O)CCC(=O)CC3)ccc2S1. The third kappa shape index (κ3) is 2.28. The van der Waals surface area contributed by atoms with E-state index in [4.69, 9.17) is 0 Å². The predicted octanol–water partition coefficient (Wildman–Crippen LogP) is 2.06. The minimum atomic E-state index is -0.908. The first-order valence-corrected chi connectivity index (χ1v) is 7.26. The van der Waals surface area contributed by atoms with E-state index < -0.39 is 5.60 Å². The maximum absolute atomic E-state index is 11.3. The fourth-order valence-corrected chi connectivity index (χ4v) is 3.55. The Kier molecular flexibility index (Phi) is 3.11. The van der Waals surface area contributed by atoms with Gasteiger partial charge in [-0.2, -0.15) is 0 Å². The van der Waals surface area contributed by atoms with Crippen LogP contribution < -0.4 is 5.32 Å². The summed E-state index contributed by atoms with van der Waals surface area (Å²) in [7, 11) is 0. The van der Waals surface area contributed by atoms with Gasteiger partial charge in [-0.05, 0) is 30.5 Å². The summed E-state index contributed by atoms with van der Waals surface area (Å²) < 4.78 is 0. The third-order valence-electron chi connectivity index (χ3n) is 3.83. The van der Waals surface area contributed by atoms with Crippen LogP contribution in [-0.4, -0.2) is 22.5 Å². The lowest BCUT2D eigenvalue weighted by Crippen LogP contribution is -2.31. The van der Waals surface area contributed by atoms with Gasteiger partial charge >= 0.3 is 0 Å². The number of rotatable bonds is 2. The first-order chi connectivity index (χ1) is 9.10. The second-order valence-electron chi connectivity index (χ2n) is 5.10. The molecule has 1 aromatic rings. The summed E-state index contributed by atoms with van der Waals surface area (Å²) in [5, 5.41) is 13.5. The van der Waals surface area contributed by atoms with Crippen LogP contribution in [0.5, 0.6) is 0 Å². The maximum atomic E-state index is 11.3. The normalized spacial score (nSPS) is 24.7. The molecule has 5 heteroatoms. The lowest BCUT2D eigenvalue weighted by Gasteiger charge is -2.32. The Bertz CT molecular complexity index is 533. The zero-order valence-electron chi connectivity index (χ0n) is 10.4. The number of hydrogen-bond donors (Lipinski definition) is 2. The highest BCUT2D eigenvalue weighted by molar-refractivity contribution is 8.01. The van der Waals surface area contributed by atoms with Crippen LogP contribution in [0.25, 0.3) is 0 Å². The average molecular weight is 277 g/mol. The van der Waals surface area contributed by atoms with Gasteiger partial charge in [0.1, 0.15) is 11.2 Å². The number of fused-ring (bicyclic) bond motifs is 1. The molecule has 0 amide bonds. The number of aliphatic hydroxyl groups is 1. The van der Waals surface area contributed by atoms with Gasteiger partial charge in [0.2, 0.25) is 0 Å². The standard InChI is InChI=1S/C14H15NO3S/c16-8-13-15-11-7-9(1-2-12(11)19-13)14(18)5-3-10(17)4-6-14/h1-2,7-8,13,15,18H,3-6H2. The van der Waals surface area contributed by atoms with Crippen molar-refractivity contribution in [1.29, 1.82) is 0 Å². The fourth-order valence-electron chi connectivity index (χ4n) is 2.65. The number of ketones is 1. The van der Waals surface area contributed by atoms with Crippen molar-refractivity contribution in [2.45, 2.75) is 41.6 Å². The van der Waals surface area contributed by atoms with Crippen molar-refractivity contribution < 1.29 is 14.7 Å². The molecular formula is C14H15NO3S. The molecule has 1 aliphatic heterocycles. The summed E-state index contributed by atoms with van der Waals surface area (Å²) in [6.45, 7) is 0. The van der Waals surface area contributed by atoms with E-state index in [9.17, 15) is 14.7 Å². The first-order valence-electron chi connectivity index (χ1n) is 6.38. The van der Waals surface area contributed by atoms with E-state index >= 15 is 0 Å². The summed E-state index contributed by atoms with van der Waals surface area (Å²) in [4.78, 5) is 23.1. The summed E-state index contributed by atoms with van der Waals surface area (Å²) in [6.07, 6.45) is 2.71. The van der Waals surface area contributed by atoms with E-state index in [1.807, 2.05) is 18.2 Å². The number of nitrogens with one attached hydrogen (secondary N) is 1. The molecule has 1 atom stereocenters. The predicted molar refractivity (Wildman–Crippen MR) is 73.1 cm³/mol. The minimum Gasteiger partial charge on any atom is -0.385 e. The first kappa shape index (κ1) is 12.7. The largest absolute Gasteiger partial charge is 0.385 e. The Morgan fingerprint density at radius 1 is 1.37 bits per heavy atom. The number of carbonyl (C=O) groups excluding carboxylic acids is 2. The van der Waals surface area contributed by atoms with E-state index in [0.29, 0.717) is 25.7 Å². The summed E-state index contributed by atoms with van der Waals surface area (Å²) in [5.41, 5.74) is 0.817. The van der Waals surface area contributed by atoms with E-state index in [1.54, 1.807) is 0 Å². The molecule has 0 spiro atoms. The number of benzene rings is 1. The number of carbonyl (C=O) groups is 2. The molecule has 1 fully saturated rings. The van der Waals surface area contributed by atoms with Crippen molar-refractivity contribution >= 4 is 29.5 Å². The second-order valence-corrected chi connectivity index (χ2v) is 6.28. The number of anilines is 1. The highest BCUT2D eigenvalue weighted by Gasteiger charge is 2.35. The fraction of sp³-hybridized carbons (Fsp3) is 0.429. The van der Waals surface area contributed by atoms with Crippen molar-refractivity contribution in [3.05, 3.63) is 23.8 Å². The van der Waals surface area contributed by atoms with Crippen molar-refractivity contribution in [3.8, 4) is 0 Å². The van der Waals surface area contributed by atoms with Gasteiger partial charge in [0.05, 0.1) is 5.60 Å². The number of aldehydes is 1. The van der Waals surface area contributed by atoms with Gasteiger partial charge in [0.15, 0.2) is 6.29 Å². The van der Waals surface area contributed by atoms with E-state index in [-0.39, 0.29) is 11.2 Å². The molecule has 4 nitrogen and oxygen atoms in total. The molecule has 1 unspecified atom stereocenters. The molecule has 1 aliphatic carbocycles. The summed E-state index contributed by atoms with van der Waals surface area (Å²) in [6, 6.07) is 5.73. The van der Waals surface area contributed by atoms with Crippen molar-refractivity contribution in [1.82, 2.24) is 0 Å². The Morgan fingerprint density at radius 3 is 2.79 bits per heavy atom. The molecule has 1 heterocycles. The smallest absolute Gasteiger partial charge is 0.152 e. The summed E-state index contributed by atoms with van der Waals surface area (Å²) >= 11 is 1.48. The number of thioether (sulfide) groups is 1. The van der Waals surface area contributed by atoms with Gasteiger partial charge in [0.25, 0.3) is 0 Å². The molecule has 2 N–H and O–H groups in total. The van der Waals surface area contributed by atoms with Crippen LogP contribution in [-0.2, 0) is 15.2 Å². The van der Waals surface area contributed by atoms with Gasteiger partial charge in [0, 0.05) is 23.4 Å². The number of Topliss-reactive ketones (excluding diaryl/α,β-unsaturated/α-hetero) is 1. The zero-order chi connectivity index (χ0) is 13.5. The molecule has 0 bridgehead atoms. The summed E-state index contributed by atoms with van der Waals surface area (Å²) in [5.74, 6) is 0.223. The molecular weight excluding hydrogens is 262 g/mol. The molecule has 1 saturated carbocycles. The molecule has 1 aromatic carbocycles. The van der Waals surface area contributed by atoms with E-state index in [0.717, 1.165) is 22.4 Å². The highest BCUT2D eigenvalue weighted by atomic mass is 32.2. The van der Waals surface area contributed by atoms with Crippen LogP contribution in [0.3, 0.4) is 0 Å². The quantitative estimate of drug-likeness (QED) is 0.810. The highest BCUT2D eigenvalue weighted by Crippen LogP contribution is 2.42. The molecule has 2 aliphatic rings. The molecule has 100 valence electrons. The Labute approximate surface area is 115 Å². The second kappa shape index (κ2) is 4.65. The lowest BCUT2D eigenvalue weighted by atomic mass is 9.79. The minimum absolute atomic E-state index is 0.223. The van der Waals surface area contributed by atoms with Crippen LogP contribution in [0, 0.1) is 0 Å². The lowest BCUT2D eigenvalue weighted by molar-refractivity contribution is -0.125. The molecule has 19 heavy (non-hydrogen) atoms. The van der Waals surface area contributed by atoms with Gasteiger partial charge < -0.3 is 15.2 Å². The Hall–Kier alpha value is -1.33. The zero-order valence-corrected chi connectivity index (χ0v) is 11.2. The molecule has 0 aromatic heterocycles. The topological polar surface area (TPSA) is 66.4 Å². The third-order valence-corrected chi connectivity index (χ3v) is 4.92. The van der Waals surface area contributed by atoms with Gasteiger partial charge in [-0.3, -0.25) is 4.79 Å². The monoisotopic (exact) mass is 277 g/mol. The van der Waals surface area contributed by atoms with E-state index in [2.05, 4.69) is 5.32 Å².